The van der Waals surface area contributed by atoms with Gasteiger partial charge in [0.25, 0.3) is 0 Å². The van der Waals surface area contributed by atoms with Crippen LogP contribution in [0.15, 0.2) is 42.5 Å². The van der Waals surface area contributed by atoms with Gasteiger partial charge in [0.15, 0.2) is 11.6 Å². The van der Waals surface area contributed by atoms with Crippen molar-refractivity contribution in [3.8, 4) is 5.82 Å². The second-order valence-corrected chi connectivity index (χ2v) is 8.56. The number of rotatable bonds is 7. The van der Waals surface area contributed by atoms with Gasteiger partial charge in [-0.1, -0.05) is 0 Å². The third-order valence-corrected chi connectivity index (χ3v) is 6.32. The number of carbonyl (C=O) groups excluding carboxylic acids is 1. The number of nitrogens with zero attached hydrogens (tertiary/aromatic N) is 6. The van der Waals surface area contributed by atoms with Gasteiger partial charge in [0.05, 0.1) is 5.69 Å². The number of benzene rings is 1. The van der Waals surface area contributed by atoms with Gasteiger partial charge in [0.1, 0.15) is 0 Å². The van der Waals surface area contributed by atoms with Crippen molar-refractivity contribution in [1.29, 1.82) is 0 Å². The molecule has 1 amide bonds. The Morgan fingerprint density at radius 2 is 1.64 bits per heavy atom. The lowest BCUT2D eigenvalue weighted by Gasteiger charge is -2.31. The van der Waals surface area contributed by atoms with Crippen LogP contribution in [0.1, 0.15) is 38.1 Å². The van der Waals surface area contributed by atoms with Crippen molar-refractivity contribution >= 4 is 23.1 Å². The van der Waals surface area contributed by atoms with E-state index in [2.05, 4.69) is 56.4 Å². The highest BCUT2D eigenvalue weighted by Crippen LogP contribution is 2.24. The van der Waals surface area contributed by atoms with Gasteiger partial charge in [0, 0.05) is 49.2 Å². The molecule has 1 aliphatic rings. The highest BCUT2D eigenvalue weighted by atomic mass is 16.1. The van der Waals surface area contributed by atoms with Gasteiger partial charge in [-0.15, -0.1) is 10.2 Å². The molecular weight excluding hydrogens is 414 g/mol. The van der Waals surface area contributed by atoms with E-state index in [4.69, 9.17) is 0 Å². The van der Waals surface area contributed by atoms with Crippen LogP contribution in [0.5, 0.6) is 0 Å². The van der Waals surface area contributed by atoms with Crippen LogP contribution in [-0.2, 0) is 4.79 Å². The summed E-state index contributed by atoms with van der Waals surface area (Å²) in [6.07, 6.45) is 1.59. The average Bonchev–Trinajstić information content (AvgIpc) is 3.19. The van der Waals surface area contributed by atoms with Crippen molar-refractivity contribution in [3.63, 3.8) is 0 Å². The maximum absolute atomic E-state index is 12.8. The number of hydrogen-bond donors (Lipinski definition) is 1. The maximum atomic E-state index is 12.8. The number of anilines is 3. The zero-order valence-corrected chi connectivity index (χ0v) is 20.0. The predicted molar refractivity (Wildman–Crippen MR) is 132 cm³/mol. The van der Waals surface area contributed by atoms with Crippen molar-refractivity contribution in [2.24, 2.45) is 5.92 Å². The van der Waals surface area contributed by atoms with Crippen LogP contribution in [0.4, 0.5) is 17.2 Å². The van der Waals surface area contributed by atoms with E-state index < -0.39 is 0 Å². The minimum Gasteiger partial charge on any atom is -0.372 e. The lowest BCUT2D eigenvalue weighted by atomic mass is 9.96. The smallest absolute Gasteiger partial charge is 0.227 e. The Bertz CT molecular complexity index is 1060. The van der Waals surface area contributed by atoms with E-state index in [1.54, 1.807) is 4.68 Å². The normalized spacial score (nSPS) is 14.4. The van der Waals surface area contributed by atoms with E-state index in [-0.39, 0.29) is 11.8 Å². The van der Waals surface area contributed by atoms with E-state index in [0.717, 1.165) is 61.9 Å². The fraction of sp³-hybridized carbons (Fsp3) is 0.440. The van der Waals surface area contributed by atoms with E-state index in [9.17, 15) is 4.79 Å². The third kappa shape index (κ3) is 5.16. The lowest BCUT2D eigenvalue weighted by Crippen LogP contribution is -2.38. The topological polar surface area (TPSA) is 79.2 Å². The van der Waals surface area contributed by atoms with Gasteiger partial charge in [-0.25, -0.2) is 4.68 Å². The molecule has 0 bridgehead atoms. The van der Waals surface area contributed by atoms with E-state index in [1.807, 2.05) is 44.2 Å². The molecule has 1 N–H and O–H groups in total. The summed E-state index contributed by atoms with van der Waals surface area (Å²) >= 11 is 0. The van der Waals surface area contributed by atoms with E-state index in [0.29, 0.717) is 5.82 Å². The molecule has 1 aliphatic heterocycles. The summed E-state index contributed by atoms with van der Waals surface area (Å²) in [6, 6.07) is 14.1. The molecule has 4 rings (SSSR count). The zero-order chi connectivity index (χ0) is 23.4. The standard InChI is InChI=1S/C25H33N7O/c1-5-30(6-2)22-9-7-21(8-10-22)26-25(33)20-13-15-31(16-14-20)23-11-12-24(28-27-23)32-19(4)17-18(3)29-32/h7-12,17,20H,5-6,13-16H2,1-4H3,(H,26,33). The molecule has 0 saturated carbocycles. The Balaban J connectivity index is 1.31. The quantitative estimate of drug-likeness (QED) is 0.590. The minimum absolute atomic E-state index is 0.00522. The Hall–Kier alpha value is -3.42. The molecule has 3 aromatic rings. The fourth-order valence-electron chi connectivity index (χ4n) is 4.42. The van der Waals surface area contributed by atoms with Gasteiger partial charge < -0.3 is 15.1 Å². The Morgan fingerprint density at radius 3 is 2.18 bits per heavy atom. The molecule has 0 radical (unpaired) electrons. The number of aromatic nitrogens is 4. The molecule has 0 atom stereocenters. The van der Waals surface area contributed by atoms with Crippen LogP contribution in [0.25, 0.3) is 5.82 Å². The predicted octanol–water partition coefficient (Wildman–Crippen LogP) is 3.98. The summed E-state index contributed by atoms with van der Waals surface area (Å²) in [5.74, 6) is 1.65. The van der Waals surface area contributed by atoms with Crippen molar-refractivity contribution in [1.82, 2.24) is 20.0 Å². The molecule has 8 nitrogen and oxygen atoms in total. The molecule has 0 unspecified atom stereocenters. The molecule has 1 fully saturated rings. The first kappa shape index (κ1) is 22.8. The number of piperidine rings is 1. The first-order valence-corrected chi connectivity index (χ1v) is 11.8. The third-order valence-electron chi connectivity index (χ3n) is 6.32. The molecular formula is C25H33N7O. The second-order valence-electron chi connectivity index (χ2n) is 8.56. The summed E-state index contributed by atoms with van der Waals surface area (Å²) in [5.41, 5.74) is 4.02. The zero-order valence-electron chi connectivity index (χ0n) is 20.0. The van der Waals surface area contributed by atoms with Gasteiger partial charge >= 0.3 is 0 Å². The highest BCUT2D eigenvalue weighted by Gasteiger charge is 2.26. The van der Waals surface area contributed by atoms with E-state index in [1.165, 1.54) is 5.69 Å². The maximum Gasteiger partial charge on any atom is 0.227 e. The monoisotopic (exact) mass is 447 g/mol. The number of aryl methyl sites for hydroxylation is 2. The van der Waals surface area contributed by atoms with Gasteiger partial charge in [-0.3, -0.25) is 4.79 Å². The van der Waals surface area contributed by atoms with Crippen LogP contribution in [0.3, 0.4) is 0 Å². The molecule has 1 saturated heterocycles. The number of amides is 1. The number of nitrogens with one attached hydrogen (secondary N) is 1. The van der Waals surface area contributed by atoms with Crippen molar-refractivity contribution in [2.45, 2.75) is 40.5 Å². The Kier molecular flexibility index (Phi) is 6.91. The molecule has 2 aromatic heterocycles. The van der Waals surface area contributed by atoms with Gasteiger partial charge in [-0.05, 0) is 83.0 Å². The van der Waals surface area contributed by atoms with Crippen molar-refractivity contribution < 1.29 is 4.79 Å². The fourth-order valence-corrected chi connectivity index (χ4v) is 4.42. The molecule has 174 valence electrons. The van der Waals surface area contributed by atoms with Crippen LogP contribution in [0.2, 0.25) is 0 Å². The Morgan fingerprint density at radius 1 is 1.00 bits per heavy atom. The van der Waals surface area contributed by atoms with Crippen LogP contribution in [-0.4, -0.2) is 52.1 Å². The average molecular weight is 448 g/mol. The summed E-state index contributed by atoms with van der Waals surface area (Å²) in [4.78, 5) is 17.3. The number of hydrogen-bond acceptors (Lipinski definition) is 6. The Labute approximate surface area is 195 Å². The molecule has 8 heteroatoms. The van der Waals surface area contributed by atoms with Crippen LogP contribution < -0.4 is 15.1 Å². The highest BCUT2D eigenvalue weighted by molar-refractivity contribution is 5.92. The minimum atomic E-state index is 0.00522. The van der Waals surface area contributed by atoms with E-state index >= 15 is 0 Å². The summed E-state index contributed by atoms with van der Waals surface area (Å²) in [5, 5.41) is 16.3. The first-order valence-electron chi connectivity index (χ1n) is 11.8. The largest absolute Gasteiger partial charge is 0.372 e. The summed E-state index contributed by atoms with van der Waals surface area (Å²) < 4.78 is 1.80. The van der Waals surface area contributed by atoms with Crippen molar-refractivity contribution in [3.05, 3.63) is 53.9 Å². The summed E-state index contributed by atoms with van der Waals surface area (Å²) in [6.45, 7) is 11.8. The first-order chi connectivity index (χ1) is 16.0. The SMILES string of the molecule is CCN(CC)c1ccc(NC(=O)C2CCN(c3ccc(-n4nc(C)cc4C)nn3)CC2)cc1. The number of carbonyl (C=O) groups is 1. The molecule has 3 heterocycles. The summed E-state index contributed by atoms with van der Waals surface area (Å²) in [7, 11) is 0. The van der Waals surface area contributed by atoms with Crippen molar-refractivity contribution in [2.75, 3.05) is 41.3 Å². The molecule has 33 heavy (non-hydrogen) atoms. The second kappa shape index (κ2) is 10.0. The lowest BCUT2D eigenvalue weighted by molar-refractivity contribution is -0.120. The molecule has 0 spiro atoms. The van der Waals surface area contributed by atoms with Crippen LogP contribution >= 0.6 is 0 Å². The van der Waals surface area contributed by atoms with Gasteiger partial charge in [-0.2, -0.15) is 5.10 Å². The van der Waals surface area contributed by atoms with Crippen LogP contribution in [0, 0.1) is 19.8 Å². The molecule has 1 aromatic carbocycles. The van der Waals surface area contributed by atoms with Gasteiger partial charge in [0.2, 0.25) is 5.91 Å². The molecule has 0 aliphatic carbocycles.